The Morgan fingerprint density at radius 1 is 1.11 bits per heavy atom. The van der Waals surface area contributed by atoms with E-state index < -0.39 is 0 Å². The Labute approximate surface area is 158 Å². The van der Waals surface area contributed by atoms with Crippen molar-refractivity contribution in [3.63, 3.8) is 0 Å². The van der Waals surface area contributed by atoms with Gasteiger partial charge in [-0.2, -0.15) is 0 Å². The van der Waals surface area contributed by atoms with Gasteiger partial charge >= 0.3 is 0 Å². The fourth-order valence-corrected chi connectivity index (χ4v) is 3.56. The maximum absolute atomic E-state index is 13.1. The average molecular weight is 365 g/mol. The number of H-pyrrole nitrogens is 1. The molecule has 140 valence electrons. The molecule has 0 aliphatic carbocycles. The van der Waals surface area contributed by atoms with E-state index in [4.69, 9.17) is 9.47 Å². The fourth-order valence-electron chi connectivity index (χ4n) is 3.56. The molecule has 0 spiro atoms. The van der Waals surface area contributed by atoms with Crippen molar-refractivity contribution in [1.29, 1.82) is 0 Å². The SMILES string of the molecule is Cc1[nH]c2ccc(OCc3ccccc3)cc2c(=O)c1C[NH+]1CCOCC1. The zero-order valence-corrected chi connectivity index (χ0v) is 15.6. The lowest BCUT2D eigenvalue weighted by Crippen LogP contribution is -3.13. The van der Waals surface area contributed by atoms with Crippen molar-refractivity contribution in [3.8, 4) is 5.75 Å². The molecule has 5 nitrogen and oxygen atoms in total. The van der Waals surface area contributed by atoms with Crippen LogP contribution in [0.25, 0.3) is 10.9 Å². The van der Waals surface area contributed by atoms with Gasteiger partial charge in [0.15, 0.2) is 5.43 Å². The number of aryl methyl sites for hydroxylation is 1. The number of benzene rings is 2. The van der Waals surface area contributed by atoms with Crippen LogP contribution in [0.3, 0.4) is 0 Å². The summed E-state index contributed by atoms with van der Waals surface area (Å²) >= 11 is 0. The molecular weight excluding hydrogens is 340 g/mol. The lowest BCUT2D eigenvalue weighted by atomic mass is 10.1. The van der Waals surface area contributed by atoms with Crippen molar-refractivity contribution in [1.82, 2.24) is 4.98 Å². The van der Waals surface area contributed by atoms with Crippen LogP contribution in [0.1, 0.15) is 16.8 Å². The number of morpholine rings is 1. The van der Waals surface area contributed by atoms with Gasteiger partial charge < -0.3 is 19.4 Å². The second-order valence-electron chi connectivity index (χ2n) is 7.08. The zero-order valence-electron chi connectivity index (χ0n) is 15.6. The first kappa shape index (κ1) is 17.8. The molecule has 1 aromatic heterocycles. The second kappa shape index (κ2) is 7.94. The Balaban J connectivity index is 1.60. The van der Waals surface area contributed by atoms with Gasteiger partial charge in [0.2, 0.25) is 0 Å². The molecule has 2 heterocycles. The Hall–Kier alpha value is -2.63. The number of nitrogens with one attached hydrogen (secondary N) is 2. The molecule has 2 N–H and O–H groups in total. The third kappa shape index (κ3) is 4.04. The van der Waals surface area contributed by atoms with E-state index in [1.807, 2.05) is 55.5 Å². The van der Waals surface area contributed by atoms with Crippen LogP contribution in [0, 0.1) is 6.92 Å². The van der Waals surface area contributed by atoms with Crippen molar-refractivity contribution < 1.29 is 14.4 Å². The van der Waals surface area contributed by atoms with E-state index in [0.717, 1.165) is 55.2 Å². The smallest absolute Gasteiger partial charge is 0.198 e. The molecule has 1 aliphatic heterocycles. The number of hydrogen-bond acceptors (Lipinski definition) is 3. The maximum atomic E-state index is 13.1. The third-order valence-corrected chi connectivity index (χ3v) is 5.16. The lowest BCUT2D eigenvalue weighted by molar-refractivity contribution is -0.921. The highest BCUT2D eigenvalue weighted by Crippen LogP contribution is 2.19. The number of ether oxygens (including phenoxy) is 2. The standard InChI is InChI=1S/C22H24N2O3/c1-16-20(14-24-9-11-26-12-10-24)22(25)19-13-18(7-8-21(19)23-16)27-15-17-5-3-2-4-6-17/h2-8,13H,9-12,14-15H2,1H3,(H,23,25)/p+1. The molecule has 0 amide bonds. The van der Waals surface area contributed by atoms with Gasteiger partial charge in [-0.3, -0.25) is 4.79 Å². The highest BCUT2D eigenvalue weighted by atomic mass is 16.5. The van der Waals surface area contributed by atoms with Crippen molar-refractivity contribution >= 4 is 10.9 Å². The van der Waals surface area contributed by atoms with Gasteiger partial charge in [-0.25, -0.2) is 0 Å². The first-order valence-electron chi connectivity index (χ1n) is 9.44. The second-order valence-corrected chi connectivity index (χ2v) is 7.08. The van der Waals surface area contributed by atoms with Crippen LogP contribution in [-0.2, 0) is 17.9 Å². The number of rotatable bonds is 5. The predicted octanol–water partition coefficient (Wildman–Crippen LogP) is 1.83. The molecular formula is C22H25N2O3+. The van der Waals surface area contributed by atoms with E-state index in [0.29, 0.717) is 17.7 Å². The number of quaternary nitrogens is 1. The quantitative estimate of drug-likeness (QED) is 0.725. The van der Waals surface area contributed by atoms with Gasteiger partial charge in [0.05, 0.1) is 18.8 Å². The summed E-state index contributed by atoms with van der Waals surface area (Å²) in [6, 6.07) is 15.7. The Morgan fingerprint density at radius 2 is 1.89 bits per heavy atom. The molecule has 0 unspecified atom stereocenters. The van der Waals surface area contributed by atoms with Crippen LogP contribution < -0.4 is 15.1 Å². The summed E-state index contributed by atoms with van der Waals surface area (Å²) in [7, 11) is 0. The summed E-state index contributed by atoms with van der Waals surface area (Å²) < 4.78 is 11.3. The molecule has 4 rings (SSSR count). The highest BCUT2D eigenvalue weighted by molar-refractivity contribution is 5.81. The summed E-state index contributed by atoms with van der Waals surface area (Å²) in [5.41, 5.74) is 3.87. The summed E-state index contributed by atoms with van der Waals surface area (Å²) in [6.45, 7) is 6.61. The summed E-state index contributed by atoms with van der Waals surface area (Å²) in [6.07, 6.45) is 0. The Kier molecular flexibility index (Phi) is 5.23. The number of hydrogen-bond donors (Lipinski definition) is 2. The molecule has 0 radical (unpaired) electrons. The number of fused-ring (bicyclic) bond motifs is 1. The van der Waals surface area contributed by atoms with Gasteiger partial charge in [0.25, 0.3) is 0 Å². The molecule has 5 heteroatoms. The summed E-state index contributed by atoms with van der Waals surface area (Å²) in [5, 5.41) is 0.689. The van der Waals surface area contributed by atoms with Crippen LogP contribution in [0.5, 0.6) is 5.75 Å². The first-order chi connectivity index (χ1) is 13.2. The largest absolute Gasteiger partial charge is 0.489 e. The lowest BCUT2D eigenvalue weighted by Gasteiger charge is -2.24. The van der Waals surface area contributed by atoms with Crippen molar-refractivity contribution in [2.24, 2.45) is 0 Å². The van der Waals surface area contributed by atoms with E-state index in [-0.39, 0.29) is 5.43 Å². The molecule has 1 fully saturated rings. The topological polar surface area (TPSA) is 55.8 Å². The molecule has 1 saturated heterocycles. The first-order valence-corrected chi connectivity index (χ1v) is 9.44. The van der Waals surface area contributed by atoms with E-state index in [1.54, 1.807) is 0 Å². The van der Waals surface area contributed by atoms with Crippen molar-refractivity contribution in [2.75, 3.05) is 26.3 Å². The Morgan fingerprint density at radius 3 is 2.67 bits per heavy atom. The van der Waals surface area contributed by atoms with Crippen LogP contribution in [0.4, 0.5) is 0 Å². The van der Waals surface area contributed by atoms with Gasteiger partial charge in [0.1, 0.15) is 32.0 Å². The molecule has 27 heavy (non-hydrogen) atoms. The number of pyridine rings is 1. The fraction of sp³-hybridized carbons (Fsp3) is 0.318. The normalized spacial score (nSPS) is 15.1. The molecule has 1 aliphatic rings. The van der Waals surface area contributed by atoms with Crippen LogP contribution >= 0.6 is 0 Å². The predicted molar refractivity (Wildman–Crippen MR) is 105 cm³/mol. The van der Waals surface area contributed by atoms with E-state index in [9.17, 15) is 4.79 Å². The molecule has 0 saturated carbocycles. The van der Waals surface area contributed by atoms with E-state index in [2.05, 4.69) is 4.98 Å². The van der Waals surface area contributed by atoms with Gasteiger partial charge in [0, 0.05) is 16.6 Å². The summed E-state index contributed by atoms with van der Waals surface area (Å²) in [5.74, 6) is 0.713. The minimum Gasteiger partial charge on any atom is -0.489 e. The van der Waals surface area contributed by atoms with Crippen LogP contribution in [0.15, 0.2) is 53.3 Å². The van der Waals surface area contributed by atoms with Crippen molar-refractivity contribution in [3.05, 3.63) is 75.6 Å². The summed E-state index contributed by atoms with van der Waals surface area (Å²) in [4.78, 5) is 17.9. The minimum atomic E-state index is 0.102. The van der Waals surface area contributed by atoms with E-state index in [1.165, 1.54) is 4.90 Å². The highest BCUT2D eigenvalue weighted by Gasteiger charge is 2.19. The van der Waals surface area contributed by atoms with Gasteiger partial charge in [-0.05, 0) is 30.7 Å². The molecule has 3 aromatic rings. The third-order valence-electron chi connectivity index (χ3n) is 5.16. The molecule has 0 atom stereocenters. The van der Waals surface area contributed by atoms with Crippen LogP contribution in [-0.4, -0.2) is 31.3 Å². The minimum absolute atomic E-state index is 0.102. The number of aromatic nitrogens is 1. The Bertz CT molecular complexity index is 976. The van der Waals surface area contributed by atoms with E-state index >= 15 is 0 Å². The molecule has 2 aromatic carbocycles. The van der Waals surface area contributed by atoms with Gasteiger partial charge in [-0.15, -0.1) is 0 Å². The molecule has 0 bridgehead atoms. The maximum Gasteiger partial charge on any atom is 0.198 e. The monoisotopic (exact) mass is 365 g/mol. The van der Waals surface area contributed by atoms with Crippen LogP contribution in [0.2, 0.25) is 0 Å². The number of aromatic amines is 1. The van der Waals surface area contributed by atoms with Crippen molar-refractivity contribution in [2.45, 2.75) is 20.1 Å². The van der Waals surface area contributed by atoms with Gasteiger partial charge in [-0.1, -0.05) is 30.3 Å². The zero-order chi connectivity index (χ0) is 18.6. The average Bonchev–Trinajstić information content (AvgIpc) is 2.71.